The molecule has 0 aliphatic heterocycles. The highest BCUT2D eigenvalue weighted by atomic mass is 16.3. The van der Waals surface area contributed by atoms with Gasteiger partial charge in [0, 0.05) is 6.42 Å². The number of aryl methyl sites for hydroxylation is 1. The molecule has 0 bridgehead atoms. The minimum Gasteiger partial charge on any atom is -0.385 e. The molecule has 1 atom stereocenters. The van der Waals surface area contributed by atoms with E-state index in [-0.39, 0.29) is 0 Å². The van der Waals surface area contributed by atoms with Crippen molar-refractivity contribution in [2.45, 2.75) is 52.6 Å². The van der Waals surface area contributed by atoms with Crippen molar-refractivity contribution in [2.24, 2.45) is 0 Å². The van der Waals surface area contributed by atoms with Crippen LogP contribution in [0.4, 0.5) is 0 Å². The first-order valence-electron chi connectivity index (χ1n) is 6.54. The van der Waals surface area contributed by atoms with E-state index in [1.165, 1.54) is 27.8 Å². The summed E-state index contributed by atoms with van der Waals surface area (Å²) >= 11 is 0. The smallest absolute Gasteiger partial charge is 0.0874 e. The summed E-state index contributed by atoms with van der Waals surface area (Å²) in [6, 6.07) is 6.60. The average molecular weight is 230 g/mol. The van der Waals surface area contributed by atoms with Crippen LogP contribution in [0.2, 0.25) is 0 Å². The first-order chi connectivity index (χ1) is 7.99. The van der Waals surface area contributed by atoms with Crippen LogP contribution in [0.15, 0.2) is 23.8 Å². The Labute approximate surface area is 104 Å². The van der Waals surface area contributed by atoms with Crippen molar-refractivity contribution in [1.82, 2.24) is 0 Å². The van der Waals surface area contributed by atoms with Crippen molar-refractivity contribution >= 4 is 5.57 Å². The predicted molar refractivity (Wildman–Crippen MR) is 73.0 cm³/mol. The summed E-state index contributed by atoms with van der Waals surface area (Å²) in [5.74, 6) is 0. The fourth-order valence-electron chi connectivity index (χ4n) is 3.13. The van der Waals surface area contributed by atoms with Gasteiger partial charge >= 0.3 is 0 Å². The van der Waals surface area contributed by atoms with E-state index in [4.69, 9.17) is 0 Å². The second-order valence-corrected chi connectivity index (χ2v) is 5.28. The Bertz CT molecular complexity index is 466. The van der Waals surface area contributed by atoms with Crippen molar-refractivity contribution < 1.29 is 5.11 Å². The Morgan fingerprint density at radius 3 is 2.53 bits per heavy atom. The minimum absolute atomic E-state index is 0.666. The third-order valence-corrected chi connectivity index (χ3v) is 3.84. The molecule has 92 valence electrons. The third-order valence-electron chi connectivity index (χ3n) is 3.84. The summed E-state index contributed by atoms with van der Waals surface area (Å²) in [7, 11) is 0. The molecule has 1 heteroatoms. The van der Waals surface area contributed by atoms with Crippen LogP contribution in [-0.2, 0) is 6.42 Å². The summed E-state index contributed by atoms with van der Waals surface area (Å²) in [4.78, 5) is 0. The highest BCUT2D eigenvalue weighted by Crippen LogP contribution is 2.40. The second-order valence-electron chi connectivity index (χ2n) is 5.28. The first-order valence-corrected chi connectivity index (χ1v) is 6.54. The molecule has 1 aliphatic rings. The Morgan fingerprint density at radius 1 is 1.24 bits per heavy atom. The Morgan fingerprint density at radius 2 is 1.94 bits per heavy atom. The maximum atomic E-state index is 10.6. The summed E-state index contributed by atoms with van der Waals surface area (Å²) in [6.07, 6.45) is 2.68. The van der Waals surface area contributed by atoms with Crippen molar-refractivity contribution in [3.63, 3.8) is 0 Å². The van der Waals surface area contributed by atoms with E-state index in [0.29, 0.717) is 0 Å². The lowest BCUT2D eigenvalue weighted by molar-refractivity contribution is 0.0946. The van der Waals surface area contributed by atoms with Gasteiger partial charge in [0.1, 0.15) is 0 Å². The van der Waals surface area contributed by atoms with Gasteiger partial charge in [0.2, 0.25) is 0 Å². The Hall–Kier alpha value is -1.08. The SMILES string of the molecule is CCC1=C(CC)C(C)(O)Cc2cc(C)ccc21. The zero-order chi connectivity index (χ0) is 12.6. The molecule has 0 aromatic heterocycles. The number of fused-ring (bicyclic) bond motifs is 1. The van der Waals surface area contributed by atoms with Gasteiger partial charge in [0.25, 0.3) is 0 Å². The van der Waals surface area contributed by atoms with Crippen LogP contribution in [0, 0.1) is 6.92 Å². The van der Waals surface area contributed by atoms with E-state index in [1.807, 2.05) is 6.92 Å². The maximum Gasteiger partial charge on any atom is 0.0874 e. The number of rotatable bonds is 2. The van der Waals surface area contributed by atoms with Crippen LogP contribution in [0.1, 0.15) is 50.3 Å². The van der Waals surface area contributed by atoms with Crippen LogP contribution in [-0.4, -0.2) is 10.7 Å². The standard InChI is InChI=1S/C16H22O/c1-5-13-14-8-7-11(3)9-12(14)10-16(4,17)15(13)6-2/h7-9,17H,5-6,10H2,1-4H3. The van der Waals surface area contributed by atoms with Crippen molar-refractivity contribution in [2.75, 3.05) is 0 Å². The van der Waals surface area contributed by atoms with Crippen LogP contribution in [0.5, 0.6) is 0 Å². The molecular weight excluding hydrogens is 208 g/mol. The normalized spacial score (nSPS) is 23.8. The van der Waals surface area contributed by atoms with Crippen molar-refractivity contribution in [3.8, 4) is 0 Å². The van der Waals surface area contributed by atoms with E-state index >= 15 is 0 Å². The molecule has 1 aromatic carbocycles. The number of aliphatic hydroxyl groups is 1. The van der Waals surface area contributed by atoms with Gasteiger partial charge in [0.15, 0.2) is 0 Å². The molecule has 0 saturated heterocycles. The number of allylic oxidation sites excluding steroid dienone is 1. The fourth-order valence-corrected chi connectivity index (χ4v) is 3.13. The molecule has 17 heavy (non-hydrogen) atoms. The van der Waals surface area contributed by atoms with Crippen molar-refractivity contribution in [3.05, 3.63) is 40.5 Å². The lowest BCUT2D eigenvalue weighted by atomic mass is 9.74. The van der Waals surface area contributed by atoms with E-state index in [2.05, 4.69) is 39.0 Å². The monoisotopic (exact) mass is 230 g/mol. The Kier molecular flexibility index (Phi) is 3.13. The molecule has 1 aromatic rings. The lowest BCUT2D eigenvalue weighted by Crippen LogP contribution is -2.34. The molecule has 2 rings (SSSR count). The van der Waals surface area contributed by atoms with Crippen LogP contribution < -0.4 is 0 Å². The quantitative estimate of drug-likeness (QED) is 0.817. The molecule has 0 heterocycles. The van der Waals surface area contributed by atoms with Gasteiger partial charge < -0.3 is 5.11 Å². The number of hydrogen-bond acceptors (Lipinski definition) is 1. The number of benzene rings is 1. The molecule has 1 aliphatic carbocycles. The minimum atomic E-state index is -0.666. The summed E-state index contributed by atoms with van der Waals surface area (Å²) in [6.45, 7) is 8.38. The highest BCUT2D eigenvalue weighted by Gasteiger charge is 2.33. The maximum absolute atomic E-state index is 10.6. The molecule has 1 unspecified atom stereocenters. The van der Waals surface area contributed by atoms with E-state index in [9.17, 15) is 5.11 Å². The van der Waals surface area contributed by atoms with Gasteiger partial charge in [0.05, 0.1) is 5.60 Å². The highest BCUT2D eigenvalue weighted by molar-refractivity contribution is 5.75. The summed E-state index contributed by atoms with van der Waals surface area (Å²) < 4.78 is 0. The topological polar surface area (TPSA) is 20.2 Å². The van der Waals surface area contributed by atoms with Gasteiger partial charge in [-0.15, -0.1) is 0 Å². The van der Waals surface area contributed by atoms with E-state index < -0.39 is 5.60 Å². The molecule has 0 spiro atoms. The van der Waals surface area contributed by atoms with Crippen LogP contribution in [0.3, 0.4) is 0 Å². The van der Waals surface area contributed by atoms with Gasteiger partial charge in [-0.1, -0.05) is 37.6 Å². The Balaban J connectivity index is 2.66. The molecule has 1 N–H and O–H groups in total. The average Bonchev–Trinajstić information content (AvgIpc) is 2.25. The predicted octanol–water partition coefficient (Wildman–Crippen LogP) is 3.88. The molecular formula is C16H22O. The zero-order valence-corrected chi connectivity index (χ0v) is 11.3. The molecule has 0 saturated carbocycles. The summed E-state index contributed by atoms with van der Waals surface area (Å²) in [5.41, 5.74) is 5.82. The van der Waals surface area contributed by atoms with Crippen molar-refractivity contribution in [1.29, 1.82) is 0 Å². The summed E-state index contributed by atoms with van der Waals surface area (Å²) in [5, 5.41) is 10.6. The number of hydrogen-bond donors (Lipinski definition) is 1. The molecule has 0 radical (unpaired) electrons. The molecule has 0 amide bonds. The molecule has 0 fully saturated rings. The van der Waals surface area contributed by atoms with E-state index in [1.54, 1.807) is 0 Å². The third kappa shape index (κ3) is 2.04. The zero-order valence-electron chi connectivity index (χ0n) is 11.3. The van der Waals surface area contributed by atoms with Gasteiger partial charge in [-0.3, -0.25) is 0 Å². The van der Waals surface area contributed by atoms with Gasteiger partial charge in [-0.05, 0) is 49.0 Å². The van der Waals surface area contributed by atoms with Crippen LogP contribution in [0.25, 0.3) is 5.57 Å². The lowest BCUT2D eigenvalue weighted by Gasteiger charge is -2.35. The second kappa shape index (κ2) is 4.30. The van der Waals surface area contributed by atoms with E-state index in [0.717, 1.165) is 19.3 Å². The van der Waals surface area contributed by atoms with Crippen LogP contribution >= 0.6 is 0 Å². The molecule has 1 nitrogen and oxygen atoms in total. The first kappa shape index (κ1) is 12.4. The fraction of sp³-hybridized carbons (Fsp3) is 0.500. The van der Waals surface area contributed by atoms with Gasteiger partial charge in [-0.2, -0.15) is 0 Å². The largest absolute Gasteiger partial charge is 0.385 e. The van der Waals surface area contributed by atoms with Gasteiger partial charge in [-0.25, -0.2) is 0 Å².